The van der Waals surface area contributed by atoms with E-state index in [1.165, 1.54) is 0 Å². The Hall–Kier alpha value is -2.37. The highest BCUT2D eigenvalue weighted by Crippen LogP contribution is 2.35. The number of carboxylic acids is 1. The molecule has 1 aliphatic carbocycles. The third-order valence-electron chi connectivity index (χ3n) is 3.95. The average molecular weight is 287 g/mol. The van der Waals surface area contributed by atoms with Crippen LogP contribution in [0.4, 0.5) is 0 Å². The molecule has 6 heteroatoms. The lowest BCUT2D eigenvalue weighted by Crippen LogP contribution is -2.13. The molecule has 1 aromatic heterocycles. The van der Waals surface area contributed by atoms with Crippen molar-refractivity contribution in [1.82, 2.24) is 10.4 Å². The number of H-pyrrole nitrogens is 1. The number of amides is 1. The normalized spacial score (nSPS) is 19.8. The van der Waals surface area contributed by atoms with E-state index in [1.54, 1.807) is 0 Å². The van der Waals surface area contributed by atoms with Crippen molar-refractivity contribution in [2.24, 2.45) is 11.0 Å². The molecule has 110 valence electrons. The molecule has 1 amide bonds. The summed E-state index contributed by atoms with van der Waals surface area (Å²) in [5.41, 5.74) is 6.78. The van der Waals surface area contributed by atoms with E-state index in [-0.39, 0.29) is 12.3 Å². The fourth-order valence-corrected chi connectivity index (χ4v) is 2.51. The summed E-state index contributed by atoms with van der Waals surface area (Å²) in [6.45, 7) is 1.93. The van der Waals surface area contributed by atoms with Crippen molar-refractivity contribution in [2.75, 3.05) is 0 Å². The molecule has 3 rings (SSSR count). The highest BCUT2D eigenvalue weighted by Gasteiger charge is 2.35. The van der Waals surface area contributed by atoms with Gasteiger partial charge in [0, 0.05) is 24.2 Å². The Morgan fingerprint density at radius 1 is 1.52 bits per heavy atom. The number of carboxylic acid groups (broad SMARTS) is 1. The second-order valence-corrected chi connectivity index (χ2v) is 5.52. The van der Waals surface area contributed by atoms with Crippen LogP contribution in [0, 0.1) is 12.8 Å². The van der Waals surface area contributed by atoms with E-state index in [0.717, 1.165) is 35.4 Å². The molecule has 0 bridgehead atoms. The van der Waals surface area contributed by atoms with Crippen LogP contribution in [-0.2, 0) is 16.0 Å². The van der Waals surface area contributed by atoms with Gasteiger partial charge in [-0.15, -0.1) is 0 Å². The molecular weight excluding hydrogens is 270 g/mol. The Labute approximate surface area is 121 Å². The lowest BCUT2D eigenvalue weighted by atomic mass is 10.0. The Balaban J connectivity index is 1.84. The van der Waals surface area contributed by atoms with Crippen LogP contribution in [0.25, 0.3) is 6.08 Å². The van der Waals surface area contributed by atoms with Crippen molar-refractivity contribution in [1.29, 1.82) is 0 Å². The maximum Gasteiger partial charge on any atom is 0.303 e. The molecule has 0 radical (unpaired) electrons. The van der Waals surface area contributed by atoms with Crippen molar-refractivity contribution in [3.8, 4) is 0 Å². The van der Waals surface area contributed by atoms with Gasteiger partial charge in [-0.3, -0.25) is 9.59 Å². The van der Waals surface area contributed by atoms with Gasteiger partial charge in [0.25, 0.3) is 5.91 Å². The van der Waals surface area contributed by atoms with E-state index in [9.17, 15) is 9.59 Å². The lowest BCUT2D eigenvalue weighted by molar-refractivity contribution is -0.137. The van der Waals surface area contributed by atoms with Gasteiger partial charge >= 0.3 is 5.97 Å². The van der Waals surface area contributed by atoms with Gasteiger partial charge in [-0.1, -0.05) is 0 Å². The molecular formula is C15H17N3O3. The molecule has 1 saturated carbocycles. The van der Waals surface area contributed by atoms with Gasteiger partial charge in [0.05, 0.1) is 11.3 Å². The molecule has 3 N–H and O–H groups in total. The lowest BCUT2D eigenvalue weighted by Gasteiger charge is -2.00. The van der Waals surface area contributed by atoms with Crippen LogP contribution in [0.2, 0.25) is 0 Å². The summed E-state index contributed by atoms with van der Waals surface area (Å²) in [5.74, 6) is -0.580. The largest absolute Gasteiger partial charge is 0.481 e. The summed E-state index contributed by atoms with van der Waals surface area (Å²) in [7, 11) is 0. The monoisotopic (exact) mass is 287 g/mol. The molecule has 0 saturated heterocycles. The topological polar surface area (TPSA) is 94.5 Å². The average Bonchev–Trinajstić information content (AvgIpc) is 3.14. The quantitative estimate of drug-likeness (QED) is 0.718. The number of aromatic amines is 1. The first-order valence-corrected chi connectivity index (χ1v) is 7.05. The Bertz CT molecular complexity index is 666. The van der Waals surface area contributed by atoms with E-state index in [4.69, 9.17) is 5.11 Å². The van der Waals surface area contributed by atoms with Gasteiger partial charge < -0.3 is 10.1 Å². The van der Waals surface area contributed by atoms with Gasteiger partial charge in [0.1, 0.15) is 0 Å². The number of carbonyl (C=O) groups is 2. The third-order valence-corrected chi connectivity index (χ3v) is 3.95. The first-order valence-electron chi connectivity index (χ1n) is 7.05. The Morgan fingerprint density at radius 3 is 2.95 bits per heavy atom. The number of aromatic nitrogens is 1. The van der Waals surface area contributed by atoms with E-state index < -0.39 is 5.97 Å². The van der Waals surface area contributed by atoms with Gasteiger partial charge in [0.2, 0.25) is 0 Å². The summed E-state index contributed by atoms with van der Waals surface area (Å²) in [6.07, 6.45) is 6.38. The maximum absolute atomic E-state index is 11.9. The van der Waals surface area contributed by atoms with Crippen molar-refractivity contribution >= 4 is 23.7 Å². The minimum Gasteiger partial charge on any atom is -0.481 e. The Kier molecular flexibility index (Phi) is 3.37. The Morgan fingerprint density at radius 2 is 2.29 bits per heavy atom. The fourth-order valence-electron chi connectivity index (χ4n) is 2.51. The summed E-state index contributed by atoms with van der Waals surface area (Å²) < 4.78 is 0. The minimum atomic E-state index is -0.811. The number of hydrogen-bond donors (Lipinski definition) is 3. The number of hydrazone groups is 1. The molecule has 1 aromatic rings. The van der Waals surface area contributed by atoms with Crippen LogP contribution in [0.3, 0.4) is 0 Å². The smallest absolute Gasteiger partial charge is 0.303 e. The molecule has 6 nitrogen and oxygen atoms in total. The first kappa shape index (κ1) is 13.6. The van der Waals surface area contributed by atoms with E-state index >= 15 is 0 Å². The fraction of sp³-hybridized carbons (Fsp3) is 0.400. The van der Waals surface area contributed by atoms with Crippen LogP contribution in [0.5, 0.6) is 0 Å². The molecule has 0 atom stereocenters. The standard InChI is InChI=1S/C15H17N3O3/c1-8-10(4-5-13(19)20)7-16-12(8)6-11-14(9-2-3-9)17-18-15(11)21/h6-7,9,16H,2-5H2,1H3,(H,18,21)(H,19,20). The zero-order valence-corrected chi connectivity index (χ0v) is 11.8. The highest BCUT2D eigenvalue weighted by atomic mass is 16.4. The van der Waals surface area contributed by atoms with E-state index in [1.807, 2.05) is 19.2 Å². The van der Waals surface area contributed by atoms with Gasteiger partial charge in [-0.05, 0) is 43.4 Å². The highest BCUT2D eigenvalue weighted by molar-refractivity contribution is 6.28. The van der Waals surface area contributed by atoms with Crippen molar-refractivity contribution < 1.29 is 14.7 Å². The second kappa shape index (κ2) is 5.20. The number of aliphatic carboxylic acids is 1. The second-order valence-electron chi connectivity index (χ2n) is 5.52. The van der Waals surface area contributed by atoms with Crippen LogP contribution in [0.1, 0.15) is 36.1 Å². The van der Waals surface area contributed by atoms with Crippen molar-refractivity contribution in [2.45, 2.75) is 32.6 Å². The van der Waals surface area contributed by atoms with Crippen molar-refractivity contribution in [3.63, 3.8) is 0 Å². The molecule has 0 aromatic carbocycles. The van der Waals surface area contributed by atoms with Crippen LogP contribution in [-0.4, -0.2) is 27.7 Å². The molecule has 0 unspecified atom stereocenters. The van der Waals surface area contributed by atoms with E-state index in [2.05, 4.69) is 15.5 Å². The van der Waals surface area contributed by atoms with Gasteiger partial charge in [-0.25, -0.2) is 5.43 Å². The SMILES string of the molecule is Cc1c(CCC(=O)O)c[nH]c1C=C1C(=O)NN=C1C1CC1. The molecule has 0 spiro atoms. The number of hydrogen-bond acceptors (Lipinski definition) is 3. The number of carbonyl (C=O) groups excluding carboxylic acids is 1. The minimum absolute atomic E-state index is 0.101. The third kappa shape index (κ3) is 2.74. The number of nitrogens with zero attached hydrogens (tertiary/aromatic N) is 1. The van der Waals surface area contributed by atoms with Gasteiger partial charge in [-0.2, -0.15) is 5.10 Å². The first-order chi connectivity index (χ1) is 10.1. The summed E-state index contributed by atoms with van der Waals surface area (Å²) in [5, 5.41) is 12.9. The zero-order chi connectivity index (χ0) is 15.0. The van der Waals surface area contributed by atoms with Gasteiger partial charge in [0.15, 0.2) is 0 Å². The predicted octanol–water partition coefficient (Wildman–Crippen LogP) is 1.62. The summed E-state index contributed by atoms with van der Waals surface area (Å²) in [6, 6.07) is 0. The van der Waals surface area contributed by atoms with Crippen LogP contribution < -0.4 is 5.43 Å². The summed E-state index contributed by atoms with van der Waals surface area (Å²) >= 11 is 0. The molecule has 21 heavy (non-hydrogen) atoms. The predicted molar refractivity (Wildman–Crippen MR) is 77.8 cm³/mol. The molecule has 2 aliphatic rings. The number of rotatable bonds is 5. The zero-order valence-electron chi connectivity index (χ0n) is 11.8. The van der Waals surface area contributed by atoms with Crippen LogP contribution in [0.15, 0.2) is 16.9 Å². The van der Waals surface area contributed by atoms with E-state index in [0.29, 0.717) is 17.9 Å². The molecule has 2 heterocycles. The number of aryl methyl sites for hydroxylation is 1. The molecule has 1 aliphatic heterocycles. The molecule has 1 fully saturated rings. The van der Waals surface area contributed by atoms with Crippen molar-refractivity contribution in [3.05, 3.63) is 28.6 Å². The maximum atomic E-state index is 11.9. The summed E-state index contributed by atoms with van der Waals surface area (Å²) in [4.78, 5) is 25.6. The van der Waals surface area contributed by atoms with Crippen LogP contribution >= 0.6 is 0 Å². The number of nitrogens with one attached hydrogen (secondary N) is 2.